The summed E-state index contributed by atoms with van der Waals surface area (Å²) >= 11 is 0. The number of hydrogen-bond acceptors (Lipinski definition) is 2. The number of fused-ring (bicyclic) bond motifs is 10. The lowest BCUT2D eigenvalue weighted by Crippen LogP contribution is -2.61. The molecule has 0 aromatic heterocycles. The number of anilines is 6. The Morgan fingerprint density at radius 3 is 1.43 bits per heavy atom. The lowest BCUT2D eigenvalue weighted by molar-refractivity contribution is 0.590. The predicted octanol–water partition coefficient (Wildman–Crippen LogP) is 18.0. The molecule has 2 nitrogen and oxygen atoms in total. The summed E-state index contributed by atoms with van der Waals surface area (Å²) in [5, 5.41) is 0. The molecule has 0 amide bonds. The maximum Gasteiger partial charge on any atom is 0.252 e. The van der Waals surface area contributed by atoms with Gasteiger partial charge in [-0.25, -0.2) is 0 Å². The van der Waals surface area contributed by atoms with Gasteiger partial charge in [0.25, 0.3) is 6.71 Å². The van der Waals surface area contributed by atoms with E-state index in [0.717, 1.165) is 11.4 Å². The molecule has 0 fully saturated rings. The molecule has 14 rings (SSSR count). The molecule has 10 aromatic carbocycles. The first-order chi connectivity index (χ1) is 37.0. The highest BCUT2D eigenvalue weighted by molar-refractivity contribution is 7.00. The van der Waals surface area contributed by atoms with Gasteiger partial charge in [-0.05, 0) is 159 Å². The van der Waals surface area contributed by atoms with E-state index in [-0.39, 0.29) is 28.4 Å². The van der Waals surface area contributed by atoms with E-state index in [0.29, 0.717) is 0 Å². The largest absolute Gasteiger partial charge is 0.311 e. The van der Waals surface area contributed by atoms with Crippen LogP contribution < -0.4 is 26.2 Å². The molecule has 0 atom stereocenters. The Kier molecular flexibility index (Phi) is 10.3. The second-order valence-electron chi connectivity index (χ2n) is 25.3. The zero-order valence-electron chi connectivity index (χ0n) is 46.2. The highest BCUT2D eigenvalue weighted by Gasteiger charge is 2.45. The zero-order chi connectivity index (χ0) is 52.9. The third-order valence-electron chi connectivity index (χ3n) is 18.0. The molecule has 3 heteroatoms. The van der Waals surface area contributed by atoms with Crippen LogP contribution in [0.25, 0.3) is 55.6 Å². The van der Waals surface area contributed by atoms with Gasteiger partial charge in [-0.1, -0.05) is 233 Å². The van der Waals surface area contributed by atoms with Crippen molar-refractivity contribution in [1.82, 2.24) is 0 Å². The van der Waals surface area contributed by atoms with Gasteiger partial charge in [-0.15, -0.1) is 0 Å². The van der Waals surface area contributed by atoms with E-state index in [4.69, 9.17) is 0 Å². The van der Waals surface area contributed by atoms with Gasteiger partial charge < -0.3 is 9.80 Å². The Balaban J connectivity index is 0.986. The molecule has 0 spiro atoms. The molecular weight excluding hydrogens is 928 g/mol. The second-order valence-corrected chi connectivity index (χ2v) is 25.3. The molecule has 0 saturated carbocycles. The van der Waals surface area contributed by atoms with Gasteiger partial charge in [0.2, 0.25) is 0 Å². The number of nitrogens with zero attached hydrogens (tertiary/aromatic N) is 2. The smallest absolute Gasteiger partial charge is 0.252 e. The summed E-state index contributed by atoms with van der Waals surface area (Å²) in [5.74, 6) is 0. The summed E-state index contributed by atoms with van der Waals surface area (Å²) in [6.45, 7) is 23.5. The molecule has 2 aliphatic heterocycles. The van der Waals surface area contributed by atoms with E-state index in [9.17, 15) is 0 Å². The number of hydrogen-bond donors (Lipinski definition) is 0. The summed E-state index contributed by atoms with van der Waals surface area (Å²) in [4.78, 5) is 5.17. The fourth-order valence-corrected chi connectivity index (χ4v) is 13.9. The van der Waals surface area contributed by atoms with Crippen molar-refractivity contribution in [1.29, 1.82) is 0 Å². The SMILES string of the molecule is CC(C)(C)c1ccc2c(c1)B1c3ccc(C(C)(C)C)cc3N(c3ccc(-c4cccc5c4-c4ccccc4C5(C)C)cc3)c3cccc(c31)N2c1ccc(-c2cccc3c2-c2ccccc2C3(C)C)cc1-c1ccccc1. The molecule has 0 bridgehead atoms. The maximum atomic E-state index is 2.60. The first-order valence-corrected chi connectivity index (χ1v) is 27.8. The lowest BCUT2D eigenvalue weighted by Gasteiger charge is -2.45. The third kappa shape index (κ3) is 7.01. The Morgan fingerprint density at radius 1 is 0.325 bits per heavy atom. The molecule has 77 heavy (non-hydrogen) atoms. The number of rotatable bonds is 5. The fraction of sp³-hybridized carbons (Fsp3) is 0.189. The van der Waals surface area contributed by atoms with Gasteiger partial charge >= 0.3 is 0 Å². The van der Waals surface area contributed by atoms with E-state index < -0.39 is 0 Å². The van der Waals surface area contributed by atoms with Crippen molar-refractivity contribution >= 4 is 57.2 Å². The Hall–Kier alpha value is -8.14. The van der Waals surface area contributed by atoms with E-state index in [2.05, 4.69) is 291 Å². The highest BCUT2D eigenvalue weighted by atomic mass is 15.2. The summed E-state index contributed by atoms with van der Waals surface area (Å²) in [6.07, 6.45) is 0. The average molecular weight is 993 g/mol. The van der Waals surface area contributed by atoms with Crippen molar-refractivity contribution in [3.8, 4) is 55.6 Å². The van der Waals surface area contributed by atoms with Crippen LogP contribution in [0.4, 0.5) is 34.1 Å². The van der Waals surface area contributed by atoms with Crippen LogP contribution >= 0.6 is 0 Å². The van der Waals surface area contributed by atoms with Crippen LogP contribution in [-0.4, -0.2) is 6.71 Å². The van der Waals surface area contributed by atoms with E-state index in [1.807, 2.05) is 0 Å². The minimum absolute atomic E-state index is 0.000558. The van der Waals surface area contributed by atoms with Crippen molar-refractivity contribution in [2.24, 2.45) is 0 Å². The van der Waals surface area contributed by atoms with E-state index in [1.54, 1.807) is 0 Å². The average Bonchev–Trinajstić information content (AvgIpc) is 3.99. The van der Waals surface area contributed by atoms with Crippen LogP contribution in [0.2, 0.25) is 0 Å². The van der Waals surface area contributed by atoms with Gasteiger partial charge in [0, 0.05) is 44.8 Å². The minimum Gasteiger partial charge on any atom is -0.311 e. The summed E-state index contributed by atoms with van der Waals surface area (Å²) in [6, 6.07) is 81.4. The monoisotopic (exact) mass is 993 g/mol. The van der Waals surface area contributed by atoms with Gasteiger partial charge in [-0.2, -0.15) is 0 Å². The Bertz CT molecular complexity index is 4070. The van der Waals surface area contributed by atoms with Crippen molar-refractivity contribution in [2.75, 3.05) is 9.80 Å². The van der Waals surface area contributed by atoms with Crippen molar-refractivity contribution in [2.45, 2.75) is 90.9 Å². The quantitative estimate of drug-likeness (QED) is 0.159. The molecule has 0 saturated heterocycles. The van der Waals surface area contributed by atoms with Crippen molar-refractivity contribution < 1.29 is 0 Å². The Morgan fingerprint density at radius 2 is 0.805 bits per heavy atom. The van der Waals surface area contributed by atoms with Crippen LogP contribution in [0.3, 0.4) is 0 Å². The van der Waals surface area contributed by atoms with Gasteiger partial charge in [0.1, 0.15) is 0 Å². The Labute approximate surface area is 456 Å². The van der Waals surface area contributed by atoms with Crippen LogP contribution in [0.1, 0.15) is 103 Å². The molecule has 374 valence electrons. The van der Waals surface area contributed by atoms with Crippen LogP contribution in [0, 0.1) is 0 Å². The fourth-order valence-electron chi connectivity index (χ4n) is 13.9. The zero-order valence-corrected chi connectivity index (χ0v) is 46.2. The molecule has 10 aromatic rings. The first kappa shape index (κ1) is 47.3. The molecule has 0 N–H and O–H groups in total. The molecule has 4 aliphatic rings. The second kappa shape index (κ2) is 16.7. The molecule has 0 radical (unpaired) electrons. The summed E-state index contributed by atoms with van der Waals surface area (Å²) in [5.41, 5.74) is 31.9. The van der Waals surface area contributed by atoms with Crippen molar-refractivity contribution in [3.63, 3.8) is 0 Å². The molecule has 0 unspecified atom stereocenters. The highest BCUT2D eigenvalue weighted by Crippen LogP contribution is 2.55. The summed E-state index contributed by atoms with van der Waals surface area (Å²) < 4.78 is 0. The van der Waals surface area contributed by atoms with Gasteiger partial charge in [-0.3, -0.25) is 0 Å². The van der Waals surface area contributed by atoms with Crippen LogP contribution in [0.5, 0.6) is 0 Å². The van der Waals surface area contributed by atoms with Gasteiger partial charge in [0.15, 0.2) is 0 Å². The van der Waals surface area contributed by atoms with Crippen molar-refractivity contribution in [3.05, 3.63) is 246 Å². The minimum atomic E-state index is -0.0916. The molecule has 2 heterocycles. The van der Waals surface area contributed by atoms with Gasteiger partial charge in [0.05, 0.1) is 5.69 Å². The lowest BCUT2D eigenvalue weighted by atomic mass is 9.33. The molecular formula is C74H65BN2. The topological polar surface area (TPSA) is 6.48 Å². The van der Waals surface area contributed by atoms with E-state index in [1.165, 1.54) is 128 Å². The first-order valence-electron chi connectivity index (χ1n) is 27.8. The third-order valence-corrected chi connectivity index (χ3v) is 18.0. The van der Waals surface area contributed by atoms with Crippen LogP contribution in [0.15, 0.2) is 212 Å². The van der Waals surface area contributed by atoms with E-state index >= 15 is 0 Å². The summed E-state index contributed by atoms with van der Waals surface area (Å²) in [7, 11) is 0. The normalized spacial score (nSPS) is 15.0. The molecule has 2 aliphatic carbocycles. The number of benzene rings is 10. The maximum absolute atomic E-state index is 2.60. The van der Waals surface area contributed by atoms with Crippen LogP contribution in [-0.2, 0) is 21.7 Å². The standard InChI is InChI=1S/C74H65BN2/c1-71(2,3)49-37-42-64-62(44-49)75-61-40-36-50(72(4,5)6)45-67(61)76(51-38-33-47(34-39-51)52-25-18-29-59-68(52)54-23-14-16-27-57(54)73(59,7)8)65-31-20-32-66(70(65)75)77(64)63-41-35-48(43-56(63)46-21-12-11-13-22-46)53-26-19-30-60-69(53)55-24-15-17-28-58(55)74(60,9)10/h11-45H,1-10H3. The predicted molar refractivity (Wildman–Crippen MR) is 329 cm³/mol.